The van der Waals surface area contributed by atoms with E-state index < -0.39 is 0 Å². The minimum absolute atomic E-state index is 0.252. The second kappa shape index (κ2) is 8.92. The van der Waals surface area contributed by atoms with Gasteiger partial charge in [-0.1, -0.05) is 0 Å². The monoisotopic (exact) mass is 469 g/mol. The van der Waals surface area contributed by atoms with Gasteiger partial charge in [0.1, 0.15) is 16.0 Å². The molecule has 0 unspecified atom stereocenters. The van der Waals surface area contributed by atoms with E-state index in [0.29, 0.717) is 21.7 Å². The summed E-state index contributed by atoms with van der Waals surface area (Å²) in [4.78, 5) is 12.1. The van der Waals surface area contributed by atoms with Gasteiger partial charge < -0.3 is 19.5 Å². The van der Waals surface area contributed by atoms with Crippen LogP contribution < -0.4 is 19.5 Å². The molecule has 0 saturated heterocycles. The summed E-state index contributed by atoms with van der Waals surface area (Å²) in [6.07, 6.45) is 3.12. The van der Waals surface area contributed by atoms with E-state index in [9.17, 15) is 4.79 Å². The van der Waals surface area contributed by atoms with Crippen LogP contribution in [0.2, 0.25) is 0 Å². The Morgan fingerprint density at radius 3 is 2.24 bits per heavy atom. The van der Waals surface area contributed by atoms with E-state index in [0.717, 1.165) is 15.8 Å². The molecule has 0 saturated carbocycles. The number of rotatable bonds is 6. The third-order valence-electron chi connectivity index (χ3n) is 3.35. The van der Waals surface area contributed by atoms with Gasteiger partial charge in [0, 0.05) is 11.8 Å². The fraction of sp³-hybridized carbons (Fsp3) is 0.167. The van der Waals surface area contributed by atoms with Crippen molar-refractivity contribution < 1.29 is 19.0 Å². The lowest BCUT2D eigenvalue weighted by atomic mass is 10.2. The Morgan fingerprint density at radius 1 is 1.00 bits per heavy atom. The maximum absolute atomic E-state index is 12.1. The Hall–Kier alpha value is -1.99. The molecule has 25 heavy (non-hydrogen) atoms. The van der Waals surface area contributed by atoms with Gasteiger partial charge in [0.2, 0.25) is 5.91 Å². The summed E-state index contributed by atoms with van der Waals surface area (Å²) in [7, 11) is 4.72. The first-order chi connectivity index (χ1) is 12.0. The Kier molecular flexibility index (Phi) is 6.90. The van der Waals surface area contributed by atoms with Crippen LogP contribution in [0.5, 0.6) is 17.2 Å². The highest BCUT2D eigenvalue weighted by Crippen LogP contribution is 2.42. The molecule has 132 valence electrons. The molecule has 0 atom stereocenters. The van der Waals surface area contributed by atoms with Crippen molar-refractivity contribution in [2.75, 3.05) is 26.6 Å². The SMILES string of the molecule is COc1ccc(NC(=O)/C=C/c2cc(OC)c(Br)c(OC)c2Br)cc1. The van der Waals surface area contributed by atoms with Crippen molar-refractivity contribution in [1.29, 1.82) is 0 Å². The molecule has 0 aromatic heterocycles. The minimum Gasteiger partial charge on any atom is -0.497 e. The number of carbonyl (C=O) groups is 1. The van der Waals surface area contributed by atoms with Crippen LogP contribution in [-0.4, -0.2) is 27.2 Å². The van der Waals surface area contributed by atoms with E-state index in [-0.39, 0.29) is 5.91 Å². The third kappa shape index (κ3) is 4.76. The van der Waals surface area contributed by atoms with Crippen LogP contribution in [0.4, 0.5) is 5.69 Å². The van der Waals surface area contributed by atoms with Crippen LogP contribution >= 0.6 is 31.9 Å². The van der Waals surface area contributed by atoms with Gasteiger partial charge in [-0.15, -0.1) is 0 Å². The van der Waals surface area contributed by atoms with Crippen molar-refractivity contribution in [3.63, 3.8) is 0 Å². The number of nitrogens with one attached hydrogen (secondary N) is 1. The minimum atomic E-state index is -0.252. The molecule has 7 heteroatoms. The smallest absolute Gasteiger partial charge is 0.248 e. The highest BCUT2D eigenvalue weighted by Gasteiger charge is 2.15. The lowest BCUT2D eigenvalue weighted by molar-refractivity contribution is -0.111. The van der Waals surface area contributed by atoms with E-state index in [1.807, 2.05) is 0 Å². The molecule has 0 aliphatic heterocycles. The summed E-state index contributed by atoms with van der Waals surface area (Å²) in [5.74, 6) is 1.68. The van der Waals surface area contributed by atoms with E-state index in [4.69, 9.17) is 14.2 Å². The van der Waals surface area contributed by atoms with Gasteiger partial charge in [-0.05, 0) is 73.8 Å². The number of ether oxygens (including phenoxy) is 3. The van der Waals surface area contributed by atoms with Gasteiger partial charge in [0.15, 0.2) is 5.75 Å². The predicted molar refractivity (Wildman–Crippen MR) is 106 cm³/mol. The van der Waals surface area contributed by atoms with Crippen LogP contribution in [-0.2, 0) is 4.79 Å². The van der Waals surface area contributed by atoms with Crippen molar-refractivity contribution >= 4 is 49.5 Å². The number of carbonyl (C=O) groups excluding carboxylic acids is 1. The number of amides is 1. The van der Waals surface area contributed by atoms with Gasteiger partial charge in [-0.25, -0.2) is 0 Å². The van der Waals surface area contributed by atoms with E-state index in [1.54, 1.807) is 57.7 Å². The maximum atomic E-state index is 12.1. The Morgan fingerprint density at radius 2 is 1.68 bits per heavy atom. The van der Waals surface area contributed by atoms with E-state index in [2.05, 4.69) is 37.2 Å². The summed E-state index contributed by atoms with van der Waals surface area (Å²) in [5, 5.41) is 2.78. The summed E-state index contributed by atoms with van der Waals surface area (Å²) in [6, 6.07) is 8.90. The number of methoxy groups -OCH3 is 3. The van der Waals surface area contributed by atoms with Crippen molar-refractivity contribution in [2.45, 2.75) is 0 Å². The molecule has 1 amide bonds. The fourth-order valence-corrected chi connectivity index (χ4v) is 3.59. The largest absolute Gasteiger partial charge is 0.497 e. The second-order valence-corrected chi connectivity index (χ2v) is 6.47. The molecule has 0 aliphatic carbocycles. The molecule has 5 nitrogen and oxygen atoms in total. The molecule has 2 rings (SSSR count). The van der Waals surface area contributed by atoms with Crippen LogP contribution in [0, 0.1) is 0 Å². The molecule has 1 N–H and O–H groups in total. The lowest BCUT2D eigenvalue weighted by Crippen LogP contribution is -2.07. The van der Waals surface area contributed by atoms with Crippen molar-refractivity contribution in [2.24, 2.45) is 0 Å². The van der Waals surface area contributed by atoms with Crippen LogP contribution in [0.3, 0.4) is 0 Å². The molecule has 2 aromatic carbocycles. The van der Waals surface area contributed by atoms with Crippen molar-refractivity contribution in [3.05, 3.63) is 50.9 Å². The van der Waals surface area contributed by atoms with Crippen molar-refractivity contribution in [1.82, 2.24) is 0 Å². The van der Waals surface area contributed by atoms with Gasteiger partial charge in [0.25, 0.3) is 0 Å². The number of anilines is 1. The highest BCUT2D eigenvalue weighted by molar-refractivity contribution is 9.11. The number of halogens is 2. The second-order valence-electron chi connectivity index (χ2n) is 4.88. The molecule has 0 radical (unpaired) electrons. The first-order valence-electron chi connectivity index (χ1n) is 7.23. The van der Waals surface area contributed by atoms with Gasteiger partial charge >= 0.3 is 0 Å². The first-order valence-corrected chi connectivity index (χ1v) is 8.81. The molecular formula is C18H17Br2NO4. The van der Waals surface area contributed by atoms with Gasteiger partial charge in [-0.3, -0.25) is 4.79 Å². The zero-order valence-electron chi connectivity index (χ0n) is 13.9. The summed E-state index contributed by atoms with van der Waals surface area (Å²) >= 11 is 6.91. The highest BCUT2D eigenvalue weighted by atomic mass is 79.9. The van der Waals surface area contributed by atoms with Crippen molar-refractivity contribution in [3.8, 4) is 17.2 Å². The average molecular weight is 471 g/mol. The standard InChI is InChI=1S/C18H17Br2NO4/c1-23-13-7-5-12(6-8-13)21-15(22)9-4-11-10-14(24-2)17(20)18(25-3)16(11)19/h4-10H,1-3H3,(H,21,22)/b9-4+. The van der Waals surface area contributed by atoms with E-state index >= 15 is 0 Å². The predicted octanol–water partition coefficient (Wildman–Crippen LogP) is 4.89. The lowest BCUT2D eigenvalue weighted by Gasteiger charge is -2.12. The Bertz CT molecular complexity index is 789. The quantitative estimate of drug-likeness (QED) is 0.610. The summed E-state index contributed by atoms with van der Waals surface area (Å²) in [6.45, 7) is 0. The third-order valence-corrected chi connectivity index (χ3v) is 4.92. The Balaban J connectivity index is 2.18. The number of benzene rings is 2. The zero-order chi connectivity index (χ0) is 18.4. The summed E-state index contributed by atoms with van der Waals surface area (Å²) < 4.78 is 17.2. The molecule has 0 bridgehead atoms. The first kappa shape index (κ1) is 19.3. The molecule has 0 spiro atoms. The zero-order valence-corrected chi connectivity index (χ0v) is 17.1. The summed E-state index contributed by atoms with van der Waals surface area (Å²) in [5.41, 5.74) is 1.43. The molecule has 0 fully saturated rings. The van der Waals surface area contributed by atoms with Crippen LogP contribution in [0.1, 0.15) is 5.56 Å². The van der Waals surface area contributed by atoms with Gasteiger partial charge in [0.05, 0.1) is 25.8 Å². The Labute approximate surface area is 163 Å². The number of hydrogen-bond acceptors (Lipinski definition) is 4. The van der Waals surface area contributed by atoms with Crippen LogP contribution in [0.15, 0.2) is 45.4 Å². The molecule has 0 heterocycles. The molecule has 0 aliphatic rings. The van der Waals surface area contributed by atoms with Crippen LogP contribution in [0.25, 0.3) is 6.08 Å². The fourth-order valence-electron chi connectivity index (χ4n) is 2.08. The molecular weight excluding hydrogens is 454 g/mol. The maximum Gasteiger partial charge on any atom is 0.248 e. The van der Waals surface area contributed by atoms with E-state index in [1.165, 1.54) is 6.08 Å². The number of hydrogen-bond donors (Lipinski definition) is 1. The normalized spacial score (nSPS) is 10.6. The van der Waals surface area contributed by atoms with Gasteiger partial charge in [-0.2, -0.15) is 0 Å². The average Bonchev–Trinajstić information content (AvgIpc) is 2.62. The topological polar surface area (TPSA) is 56.8 Å². The molecule has 2 aromatic rings.